The van der Waals surface area contributed by atoms with Crippen molar-refractivity contribution in [2.75, 3.05) is 13.7 Å². The molecule has 1 aromatic rings. The summed E-state index contributed by atoms with van der Waals surface area (Å²) in [5, 5.41) is 6.83. The van der Waals surface area contributed by atoms with Crippen molar-refractivity contribution >= 4 is 11.3 Å². The fourth-order valence-corrected chi connectivity index (χ4v) is 3.15. The summed E-state index contributed by atoms with van der Waals surface area (Å²) < 4.78 is 5.59. The lowest BCUT2D eigenvalue weighted by atomic mass is 9.80. The first-order valence-electron chi connectivity index (χ1n) is 6.66. The van der Waals surface area contributed by atoms with E-state index in [2.05, 4.69) is 36.5 Å². The third-order valence-electron chi connectivity index (χ3n) is 3.74. The van der Waals surface area contributed by atoms with Gasteiger partial charge in [0.2, 0.25) is 0 Å². The highest BCUT2D eigenvalue weighted by Crippen LogP contribution is 2.34. The van der Waals surface area contributed by atoms with Crippen LogP contribution >= 0.6 is 11.3 Å². The van der Waals surface area contributed by atoms with Crippen LogP contribution in [-0.2, 0) is 16.7 Å². The van der Waals surface area contributed by atoms with E-state index >= 15 is 0 Å². The van der Waals surface area contributed by atoms with Crippen LogP contribution in [0.15, 0.2) is 5.38 Å². The minimum absolute atomic E-state index is 0.101. The molecular weight excluding hydrogens is 244 g/mol. The van der Waals surface area contributed by atoms with E-state index in [1.807, 2.05) is 7.11 Å². The van der Waals surface area contributed by atoms with E-state index in [-0.39, 0.29) is 11.0 Å². The normalized spacial score (nSPS) is 18.7. The second-order valence-corrected chi connectivity index (χ2v) is 7.16. The van der Waals surface area contributed by atoms with Crippen molar-refractivity contribution in [3.05, 3.63) is 16.1 Å². The van der Waals surface area contributed by atoms with Gasteiger partial charge in [0.15, 0.2) is 0 Å². The molecule has 1 aromatic heterocycles. The van der Waals surface area contributed by atoms with Gasteiger partial charge in [-0.2, -0.15) is 0 Å². The van der Waals surface area contributed by atoms with Gasteiger partial charge in [0, 0.05) is 31.0 Å². The molecule has 4 heteroatoms. The van der Waals surface area contributed by atoms with Gasteiger partial charge in [0.05, 0.1) is 11.3 Å². The van der Waals surface area contributed by atoms with Crippen LogP contribution in [0.1, 0.15) is 50.7 Å². The van der Waals surface area contributed by atoms with Crippen molar-refractivity contribution in [2.24, 2.45) is 0 Å². The van der Waals surface area contributed by atoms with E-state index in [1.54, 1.807) is 11.3 Å². The van der Waals surface area contributed by atoms with Crippen LogP contribution in [0.5, 0.6) is 0 Å². The molecule has 0 spiro atoms. The van der Waals surface area contributed by atoms with Gasteiger partial charge in [-0.3, -0.25) is 0 Å². The van der Waals surface area contributed by atoms with E-state index < -0.39 is 0 Å². The Hall–Kier alpha value is -0.450. The van der Waals surface area contributed by atoms with Crippen molar-refractivity contribution in [1.29, 1.82) is 0 Å². The minimum atomic E-state index is 0.101. The molecule has 18 heavy (non-hydrogen) atoms. The van der Waals surface area contributed by atoms with Gasteiger partial charge in [0.1, 0.15) is 5.01 Å². The van der Waals surface area contributed by atoms with E-state index in [0.717, 1.165) is 13.1 Å². The molecular formula is C14H24N2OS. The average molecular weight is 268 g/mol. The SMILES string of the molecule is COC1(CNCc2nc(C(C)(C)C)cs2)CCC1. The fraction of sp³-hybridized carbons (Fsp3) is 0.786. The molecule has 0 saturated heterocycles. The van der Waals surface area contributed by atoms with Gasteiger partial charge in [-0.05, 0) is 19.3 Å². The van der Waals surface area contributed by atoms with E-state index in [4.69, 9.17) is 4.74 Å². The molecule has 0 atom stereocenters. The van der Waals surface area contributed by atoms with Gasteiger partial charge in [-0.15, -0.1) is 11.3 Å². The molecule has 2 rings (SSSR count). The Labute approximate surface area is 114 Å². The van der Waals surface area contributed by atoms with Crippen LogP contribution in [0.25, 0.3) is 0 Å². The van der Waals surface area contributed by atoms with Crippen LogP contribution in [0.4, 0.5) is 0 Å². The highest BCUT2D eigenvalue weighted by atomic mass is 32.1. The molecule has 102 valence electrons. The first kappa shape index (κ1) is 14.0. The zero-order valence-corrected chi connectivity index (χ0v) is 12.7. The highest BCUT2D eigenvalue weighted by Gasteiger charge is 2.36. The molecule has 1 aliphatic rings. The second kappa shape index (κ2) is 5.27. The fourth-order valence-electron chi connectivity index (χ4n) is 2.16. The summed E-state index contributed by atoms with van der Waals surface area (Å²) in [7, 11) is 1.82. The number of thiazole rings is 1. The summed E-state index contributed by atoms with van der Waals surface area (Å²) in [6.45, 7) is 8.40. The van der Waals surface area contributed by atoms with Crippen LogP contribution < -0.4 is 5.32 Å². The lowest BCUT2D eigenvalue weighted by Crippen LogP contribution is -2.47. The number of nitrogens with one attached hydrogen (secondary N) is 1. The number of ether oxygens (including phenoxy) is 1. The molecule has 1 heterocycles. The monoisotopic (exact) mass is 268 g/mol. The first-order valence-corrected chi connectivity index (χ1v) is 7.54. The van der Waals surface area contributed by atoms with Gasteiger partial charge in [0.25, 0.3) is 0 Å². The molecule has 0 bridgehead atoms. The maximum atomic E-state index is 5.59. The Morgan fingerprint density at radius 2 is 2.17 bits per heavy atom. The van der Waals surface area contributed by atoms with E-state index in [0.29, 0.717) is 0 Å². The summed E-state index contributed by atoms with van der Waals surface area (Å²) in [5.41, 5.74) is 1.44. The highest BCUT2D eigenvalue weighted by molar-refractivity contribution is 7.09. The molecule has 0 aliphatic heterocycles. The van der Waals surface area contributed by atoms with Crippen LogP contribution in [0.3, 0.4) is 0 Å². The molecule has 3 nitrogen and oxygen atoms in total. The Morgan fingerprint density at radius 3 is 2.61 bits per heavy atom. The van der Waals surface area contributed by atoms with Gasteiger partial charge >= 0.3 is 0 Å². The third-order valence-corrected chi connectivity index (χ3v) is 4.59. The molecule has 1 saturated carbocycles. The van der Waals surface area contributed by atoms with E-state index in [9.17, 15) is 0 Å². The molecule has 1 aliphatic carbocycles. The second-order valence-electron chi connectivity index (χ2n) is 6.22. The van der Waals surface area contributed by atoms with Gasteiger partial charge in [-0.1, -0.05) is 20.8 Å². The molecule has 0 radical (unpaired) electrons. The smallest absolute Gasteiger partial charge is 0.107 e. The van der Waals surface area contributed by atoms with Crippen LogP contribution in [0, 0.1) is 0 Å². The summed E-state index contributed by atoms with van der Waals surface area (Å²) in [6.07, 6.45) is 3.66. The van der Waals surface area contributed by atoms with Crippen molar-refractivity contribution in [3.63, 3.8) is 0 Å². The summed E-state index contributed by atoms with van der Waals surface area (Å²) >= 11 is 1.75. The van der Waals surface area contributed by atoms with Crippen molar-refractivity contribution in [1.82, 2.24) is 10.3 Å². The Morgan fingerprint density at radius 1 is 1.44 bits per heavy atom. The summed E-state index contributed by atoms with van der Waals surface area (Å²) in [4.78, 5) is 4.69. The Balaban J connectivity index is 1.82. The number of methoxy groups -OCH3 is 1. The summed E-state index contributed by atoms with van der Waals surface area (Å²) in [5.74, 6) is 0. The molecule has 1 N–H and O–H groups in total. The van der Waals surface area contributed by atoms with Gasteiger partial charge < -0.3 is 10.1 Å². The lowest BCUT2D eigenvalue weighted by Gasteiger charge is -2.40. The van der Waals surface area contributed by atoms with Gasteiger partial charge in [-0.25, -0.2) is 4.98 Å². The Bertz CT molecular complexity index is 385. The number of rotatable bonds is 5. The van der Waals surface area contributed by atoms with Crippen molar-refractivity contribution in [2.45, 2.75) is 57.6 Å². The maximum absolute atomic E-state index is 5.59. The molecule has 0 unspecified atom stereocenters. The topological polar surface area (TPSA) is 34.1 Å². The first-order chi connectivity index (χ1) is 8.45. The Kier molecular flexibility index (Phi) is 4.09. The summed E-state index contributed by atoms with van der Waals surface area (Å²) in [6, 6.07) is 0. The third kappa shape index (κ3) is 3.11. The average Bonchev–Trinajstić information content (AvgIpc) is 2.70. The largest absolute Gasteiger partial charge is 0.377 e. The van der Waals surface area contributed by atoms with E-state index in [1.165, 1.54) is 30.0 Å². The minimum Gasteiger partial charge on any atom is -0.377 e. The molecule has 0 aromatic carbocycles. The van der Waals surface area contributed by atoms with Crippen molar-refractivity contribution < 1.29 is 4.74 Å². The molecule has 0 amide bonds. The number of nitrogens with zero attached hydrogens (tertiary/aromatic N) is 1. The van der Waals surface area contributed by atoms with Crippen molar-refractivity contribution in [3.8, 4) is 0 Å². The predicted octanol–water partition coefficient (Wildman–Crippen LogP) is 3.10. The number of aromatic nitrogens is 1. The lowest BCUT2D eigenvalue weighted by molar-refractivity contribution is -0.0695. The van der Waals surface area contributed by atoms with Crippen LogP contribution in [-0.4, -0.2) is 24.2 Å². The zero-order chi connectivity index (χ0) is 13.2. The number of hydrogen-bond acceptors (Lipinski definition) is 4. The number of hydrogen-bond donors (Lipinski definition) is 1. The predicted molar refractivity (Wildman–Crippen MR) is 76.1 cm³/mol. The van der Waals surface area contributed by atoms with Crippen LogP contribution in [0.2, 0.25) is 0 Å². The standard InChI is InChI=1S/C14H24N2OS/c1-13(2,3)11-9-18-12(16-11)8-15-10-14(17-4)6-5-7-14/h9,15H,5-8,10H2,1-4H3. The molecule has 1 fully saturated rings. The zero-order valence-electron chi connectivity index (χ0n) is 11.9. The maximum Gasteiger partial charge on any atom is 0.107 e. The quantitative estimate of drug-likeness (QED) is 0.891.